The molecule has 0 aliphatic carbocycles. The van der Waals surface area contributed by atoms with Crippen LogP contribution in [0.4, 0.5) is 0 Å². The van der Waals surface area contributed by atoms with Gasteiger partial charge in [0.15, 0.2) is 0 Å². The van der Waals surface area contributed by atoms with Crippen LogP contribution in [0, 0.1) is 0 Å². The molecule has 1 atom stereocenters. The van der Waals surface area contributed by atoms with Crippen LogP contribution < -0.4 is 5.32 Å². The van der Waals surface area contributed by atoms with Crippen molar-refractivity contribution in [1.82, 2.24) is 5.32 Å². The van der Waals surface area contributed by atoms with E-state index in [2.05, 4.69) is 5.32 Å². The molecule has 0 aliphatic rings. The number of hydrogen-bond acceptors (Lipinski definition) is 2. The van der Waals surface area contributed by atoms with Gasteiger partial charge in [0.2, 0.25) is 0 Å². The van der Waals surface area contributed by atoms with E-state index in [9.17, 15) is 4.79 Å². The number of methoxy groups -OCH3 is 1. The van der Waals surface area contributed by atoms with Gasteiger partial charge in [0.05, 0.1) is 0 Å². The van der Waals surface area contributed by atoms with Crippen molar-refractivity contribution in [3.63, 3.8) is 0 Å². The second kappa shape index (κ2) is 6.19. The fourth-order valence-corrected chi connectivity index (χ4v) is 1.26. The molecule has 1 N–H and O–H groups in total. The van der Waals surface area contributed by atoms with Crippen LogP contribution in [-0.2, 0) is 4.74 Å². The molecule has 3 heteroatoms. The Bertz CT molecular complexity index is 298. The van der Waals surface area contributed by atoms with Crippen LogP contribution in [0.3, 0.4) is 0 Å². The zero-order valence-corrected chi connectivity index (χ0v) is 9.19. The molecule has 1 aromatic rings. The van der Waals surface area contributed by atoms with Gasteiger partial charge in [-0.05, 0) is 25.5 Å². The molecule has 0 saturated heterocycles. The number of rotatable bonds is 5. The number of amides is 1. The average molecular weight is 207 g/mol. The SMILES string of the molecule is COCCC(C)NC(=O)c1ccccc1. The van der Waals surface area contributed by atoms with Gasteiger partial charge in [-0.25, -0.2) is 0 Å². The van der Waals surface area contributed by atoms with Crippen molar-refractivity contribution >= 4 is 5.91 Å². The quantitative estimate of drug-likeness (QED) is 0.800. The third-order valence-electron chi connectivity index (χ3n) is 2.17. The topological polar surface area (TPSA) is 38.3 Å². The van der Waals surface area contributed by atoms with E-state index in [1.165, 1.54) is 0 Å². The largest absolute Gasteiger partial charge is 0.385 e. The number of ether oxygens (including phenoxy) is 1. The van der Waals surface area contributed by atoms with Crippen molar-refractivity contribution in [3.05, 3.63) is 35.9 Å². The summed E-state index contributed by atoms with van der Waals surface area (Å²) in [5, 5.41) is 2.91. The van der Waals surface area contributed by atoms with Crippen LogP contribution in [0.5, 0.6) is 0 Å². The Hall–Kier alpha value is -1.35. The monoisotopic (exact) mass is 207 g/mol. The van der Waals surface area contributed by atoms with Gasteiger partial charge >= 0.3 is 0 Å². The van der Waals surface area contributed by atoms with Crippen LogP contribution in [-0.4, -0.2) is 25.7 Å². The molecule has 3 nitrogen and oxygen atoms in total. The lowest BCUT2D eigenvalue weighted by Gasteiger charge is -2.13. The van der Waals surface area contributed by atoms with Gasteiger partial charge < -0.3 is 10.1 Å². The summed E-state index contributed by atoms with van der Waals surface area (Å²) in [6, 6.07) is 9.35. The number of benzene rings is 1. The van der Waals surface area contributed by atoms with Crippen LogP contribution in [0.25, 0.3) is 0 Å². The van der Waals surface area contributed by atoms with E-state index in [1.54, 1.807) is 19.2 Å². The van der Waals surface area contributed by atoms with E-state index in [4.69, 9.17) is 4.74 Å². The molecule has 0 aromatic heterocycles. The molecular formula is C12H17NO2. The lowest BCUT2D eigenvalue weighted by molar-refractivity contribution is 0.0929. The Kier molecular flexibility index (Phi) is 4.84. The highest BCUT2D eigenvalue weighted by Gasteiger charge is 2.08. The minimum atomic E-state index is -0.0285. The molecule has 1 aromatic carbocycles. The molecular weight excluding hydrogens is 190 g/mol. The summed E-state index contributed by atoms with van der Waals surface area (Å²) in [4.78, 5) is 11.7. The standard InChI is InChI=1S/C12H17NO2/c1-10(8-9-15-2)13-12(14)11-6-4-3-5-7-11/h3-7,10H,8-9H2,1-2H3,(H,13,14). The molecule has 82 valence electrons. The van der Waals surface area contributed by atoms with E-state index < -0.39 is 0 Å². The fourth-order valence-electron chi connectivity index (χ4n) is 1.26. The van der Waals surface area contributed by atoms with Crippen LogP contribution in [0.15, 0.2) is 30.3 Å². The van der Waals surface area contributed by atoms with Crippen LogP contribution >= 0.6 is 0 Å². The van der Waals surface area contributed by atoms with Gasteiger partial charge in [-0.1, -0.05) is 18.2 Å². The van der Waals surface area contributed by atoms with Crippen molar-refractivity contribution < 1.29 is 9.53 Å². The lowest BCUT2D eigenvalue weighted by atomic mass is 10.2. The van der Waals surface area contributed by atoms with Crippen LogP contribution in [0.1, 0.15) is 23.7 Å². The van der Waals surface area contributed by atoms with Crippen molar-refractivity contribution in [2.45, 2.75) is 19.4 Å². The zero-order valence-electron chi connectivity index (χ0n) is 9.19. The minimum absolute atomic E-state index is 0.0285. The highest BCUT2D eigenvalue weighted by atomic mass is 16.5. The summed E-state index contributed by atoms with van der Waals surface area (Å²) < 4.78 is 4.95. The van der Waals surface area contributed by atoms with E-state index in [-0.39, 0.29) is 11.9 Å². The highest BCUT2D eigenvalue weighted by Crippen LogP contribution is 2.00. The molecule has 0 spiro atoms. The fraction of sp³-hybridized carbons (Fsp3) is 0.417. The second-order valence-electron chi connectivity index (χ2n) is 3.52. The number of carbonyl (C=O) groups is 1. The predicted octanol–water partition coefficient (Wildman–Crippen LogP) is 1.84. The Morgan fingerprint density at radius 3 is 2.67 bits per heavy atom. The van der Waals surface area contributed by atoms with Crippen molar-refractivity contribution in [1.29, 1.82) is 0 Å². The summed E-state index contributed by atoms with van der Waals surface area (Å²) in [7, 11) is 1.66. The van der Waals surface area contributed by atoms with E-state index >= 15 is 0 Å². The first-order chi connectivity index (χ1) is 7.24. The van der Waals surface area contributed by atoms with E-state index in [1.807, 2.05) is 25.1 Å². The summed E-state index contributed by atoms with van der Waals surface area (Å²) in [6.45, 7) is 2.64. The normalized spacial score (nSPS) is 12.1. The first kappa shape index (κ1) is 11.7. The maximum absolute atomic E-state index is 11.7. The Morgan fingerprint density at radius 2 is 2.07 bits per heavy atom. The molecule has 0 fully saturated rings. The van der Waals surface area contributed by atoms with Crippen molar-refractivity contribution in [3.8, 4) is 0 Å². The smallest absolute Gasteiger partial charge is 0.251 e. The van der Waals surface area contributed by atoms with Gasteiger partial charge in [0.25, 0.3) is 5.91 Å². The Labute approximate surface area is 90.4 Å². The molecule has 1 rings (SSSR count). The molecule has 0 aliphatic heterocycles. The second-order valence-corrected chi connectivity index (χ2v) is 3.52. The average Bonchev–Trinajstić information content (AvgIpc) is 2.27. The third kappa shape index (κ3) is 4.13. The Morgan fingerprint density at radius 1 is 1.40 bits per heavy atom. The maximum atomic E-state index is 11.7. The predicted molar refractivity (Wildman–Crippen MR) is 59.9 cm³/mol. The summed E-state index contributed by atoms with van der Waals surface area (Å²) >= 11 is 0. The maximum Gasteiger partial charge on any atom is 0.251 e. The van der Waals surface area contributed by atoms with Gasteiger partial charge in [-0.15, -0.1) is 0 Å². The molecule has 0 heterocycles. The van der Waals surface area contributed by atoms with Crippen molar-refractivity contribution in [2.24, 2.45) is 0 Å². The first-order valence-electron chi connectivity index (χ1n) is 5.09. The Balaban J connectivity index is 2.42. The van der Waals surface area contributed by atoms with E-state index in [0.29, 0.717) is 12.2 Å². The van der Waals surface area contributed by atoms with Gasteiger partial charge in [0, 0.05) is 25.3 Å². The van der Waals surface area contributed by atoms with Gasteiger partial charge in [-0.3, -0.25) is 4.79 Å². The van der Waals surface area contributed by atoms with Crippen LogP contribution in [0.2, 0.25) is 0 Å². The van der Waals surface area contributed by atoms with E-state index in [0.717, 1.165) is 6.42 Å². The molecule has 15 heavy (non-hydrogen) atoms. The first-order valence-corrected chi connectivity index (χ1v) is 5.09. The number of nitrogens with one attached hydrogen (secondary N) is 1. The zero-order chi connectivity index (χ0) is 11.1. The summed E-state index contributed by atoms with van der Waals surface area (Å²) in [5.41, 5.74) is 0.696. The summed E-state index contributed by atoms with van der Waals surface area (Å²) in [5.74, 6) is -0.0285. The third-order valence-corrected chi connectivity index (χ3v) is 2.17. The highest BCUT2D eigenvalue weighted by molar-refractivity contribution is 5.94. The van der Waals surface area contributed by atoms with Gasteiger partial charge in [0.1, 0.15) is 0 Å². The molecule has 1 amide bonds. The number of carbonyl (C=O) groups excluding carboxylic acids is 1. The lowest BCUT2D eigenvalue weighted by Crippen LogP contribution is -2.33. The molecule has 1 unspecified atom stereocenters. The van der Waals surface area contributed by atoms with Gasteiger partial charge in [-0.2, -0.15) is 0 Å². The summed E-state index contributed by atoms with van der Waals surface area (Å²) in [6.07, 6.45) is 0.828. The molecule has 0 saturated carbocycles. The minimum Gasteiger partial charge on any atom is -0.385 e. The molecule has 0 radical (unpaired) electrons. The molecule has 0 bridgehead atoms. The number of hydrogen-bond donors (Lipinski definition) is 1. The van der Waals surface area contributed by atoms with Crippen molar-refractivity contribution in [2.75, 3.05) is 13.7 Å².